The second kappa shape index (κ2) is 10.0. The van der Waals surface area contributed by atoms with Gasteiger partial charge in [0.1, 0.15) is 0 Å². The zero-order chi connectivity index (χ0) is 20.7. The number of nitrogens with one attached hydrogen (secondary N) is 1. The van der Waals surface area contributed by atoms with E-state index in [1.54, 1.807) is 0 Å². The molecule has 1 saturated carbocycles. The molecule has 1 aliphatic carbocycles. The van der Waals surface area contributed by atoms with Gasteiger partial charge in [-0.2, -0.15) is 0 Å². The van der Waals surface area contributed by atoms with Crippen LogP contribution in [0.3, 0.4) is 0 Å². The number of carbonyl (C=O) groups excluding carboxylic acids is 1. The van der Waals surface area contributed by atoms with E-state index in [0.29, 0.717) is 19.4 Å². The minimum Gasteiger partial charge on any atom is -0.466 e. The molecule has 4 nitrogen and oxygen atoms in total. The van der Waals surface area contributed by atoms with Crippen LogP contribution in [0.4, 0.5) is 0 Å². The zero-order valence-electron chi connectivity index (χ0n) is 17.5. The maximum atomic E-state index is 13.0. The van der Waals surface area contributed by atoms with Gasteiger partial charge in [-0.3, -0.25) is 4.79 Å². The van der Waals surface area contributed by atoms with E-state index in [1.807, 2.05) is 55.5 Å². The quantitative estimate of drug-likeness (QED) is 0.514. The van der Waals surface area contributed by atoms with Crippen molar-refractivity contribution in [2.75, 3.05) is 13.2 Å². The lowest BCUT2D eigenvalue weighted by Gasteiger charge is -2.46. The summed E-state index contributed by atoms with van der Waals surface area (Å²) in [5, 5.41) is 15.3. The fourth-order valence-corrected chi connectivity index (χ4v) is 4.59. The molecule has 0 unspecified atom stereocenters. The predicted molar refractivity (Wildman–Crippen MR) is 116 cm³/mol. The molecule has 0 bridgehead atoms. The molecular formula is C25H33NO3. The van der Waals surface area contributed by atoms with E-state index in [2.05, 4.69) is 24.4 Å². The average Bonchev–Trinajstić information content (AvgIpc) is 2.75. The van der Waals surface area contributed by atoms with Crippen molar-refractivity contribution in [3.63, 3.8) is 0 Å². The molecule has 0 amide bonds. The minimum absolute atomic E-state index is 0.117. The molecule has 2 aromatic rings. The van der Waals surface area contributed by atoms with Crippen molar-refractivity contribution < 1.29 is 14.6 Å². The molecule has 4 heteroatoms. The second-order valence-corrected chi connectivity index (χ2v) is 8.02. The Balaban J connectivity index is 2.00. The molecule has 0 spiro atoms. The van der Waals surface area contributed by atoms with Gasteiger partial charge in [-0.15, -0.1) is 0 Å². The van der Waals surface area contributed by atoms with Crippen molar-refractivity contribution in [1.82, 2.24) is 5.32 Å². The van der Waals surface area contributed by atoms with Crippen LogP contribution in [0.2, 0.25) is 0 Å². The summed E-state index contributed by atoms with van der Waals surface area (Å²) in [7, 11) is 0. The Morgan fingerprint density at radius 3 is 2.34 bits per heavy atom. The fraction of sp³-hybridized carbons (Fsp3) is 0.480. The first-order chi connectivity index (χ1) is 14.1. The normalized spacial score (nSPS) is 26.8. The molecule has 2 N–H and O–H groups in total. The number of hydrogen-bond acceptors (Lipinski definition) is 4. The van der Waals surface area contributed by atoms with Crippen LogP contribution < -0.4 is 5.32 Å². The van der Waals surface area contributed by atoms with Crippen molar-refractivity contribution in [1.29, 1.82) is 0 Å². The number of rotatable bonds is 8. The van der Waals surface area contributed by atoms with Gasteiger partial charge in [0.05, 0.1) is 18.1 Å². The maximum Gasteiger partial charge on any atom is 0.311 e. The first-order valence-electron chi connectivity index (χ1n) is 10.8. The monoisotopic (exact) mass is 395 g/mol. The van der Waals surface area contributed by atoms with Gasteiger partial charge in [0.25, 0.3) is 0 Å². The average molecular weight is 396 g/mol. The molecule has 0 saturated heterocycles. The SMILES string of the molecule is CCCCN[C@H]1C[C@](O)(c2ccccc2)C[C@H](c2ccccc2)[C@H]1C(=O)OCC. The fourth-order valence-electron chi connectivity index (χ4n) is 4.59. The van der Waals surface area contributed by atoms with Gasteiger partial charge in [-0.1, -0.05) is 74.0 Å². The van der Waals surface area contributed by atoms with Gasteiger partial charge in [0.2, 0.25) is 0 Å². The van der Waals surface area contributed by atoms with Crippen LogP contribution in [0, 0.1) is 5.92 Å². The summed E-state index contributed by atoms with van der Waals surface area (Å²) >= 11 is 0. The van der Waals surface area contributed by atoms with Gasteiger partial charge in [0, 0.05) is 12.0 Å². The second-order valence-electron chi connectivity index (χ2n) is 8.02. The molecule has 1 fully saturated rings. The summed E-state index contributed by atoms with van der Waals surface area (Å²) in [4.78, 5) is 13.0. The van der Waals surface area contributed by atoms with E-state index in [9.17, 15) is 9.90 Å². The van der Waals surface area contributed by atoms with Gasteiger partial charge < -0.3 is 15.2 Å². The Kier molecular flexibility index (Phi) is 7.45. The lowest BCUT2D eigenvalue weighted by molar-refractivity contribution is -0.154. The van der Waals surface area contributed by atoms with Crippen LogP contribution in [0.15, 0.2) is 60.7 Å². The highest BCUT2D eigenvalue weighted by atomic mass is 16.5. The van der Waals surface area contributed by atoms with Crippen LogP contribution in [-0.2, 0) is 15.1 Å². The van der Waals surface area contributed by atoms with E-state index < -0.39 is 5.60 Å². The molecule has 0 aliphatic heterocycles. The summed E-state index contributed by atoms with van der Waals surface area (Å²) in [5.74, 6) is -0.614. The van der Waals surface area contributed by atoms with E-state index in [1.165, 1.54) is 0 Å². The minimum atomic E-state index is -0.991. The van der Waals surface area contributed by atoms with Gasteiger partial charge >= 0.3 is 5.97 Å². The van der Waals surface area contributed by atoms with E-state index in [0.717, 1.165) is 30.5 Å². The van der Waals surface area contributed by atoms with Crippen LogP contribution in [0.25, 0.3) is 0 Å². The summed E-state index contributed by atoms with van der Waals surface area (Å²) in [6, 6.07) is 19.8. The van der Waals surface area contributed by atoms with E-state index >= 15 is 0 Å². The Morgan fingerprint density at radius 2 is 1.72 bits per heavy atom. The van der Waals surface area contributed by atoms with Crippen LogP contribution >= 0.6 is 0 Å². The highest BCUT2D eigenvalue weighted by Gasteiger charge is 2.49. The summed E-state index contributed by atoms with van der Waals surface area (Å²) in [5.41, 5.74) is 0.988. The maximum absolute atomic E-state index is 13.0. The van der Waals surface area contributed by atoms with Crippen LogP contribution in [-0.4, -0.2) is 30.3 Å². The molecule has 1 aliphatic rings. The van der Waals surface area contributed by atoms with Gasteiger partial charge in [0.15, 0.2) is 0 Å². The Hall–Kier alpha value is -2.17. The molecule has 4 atom stereocenters. The Labute approximate surface area is 174 Å². The van der Waals surface area contributed by atoms with E-state index in [4.69, 9.17) is 4.74 Å². The third-order valence-electron chi connectivity index (χ3n) is 6.02. The van der Waals surface area contributed by atoms with Crippen molar-refractivity contribution >= 4 is 5.97 Å². The zero-order valence-corrected chi connectivity index (χ0v) is 17.5. The molecule has 3 rings (SSSR count). The van der Waals surface area contributed by atoms with Gasteiger partial charge in [-0.25, -0.2) is 0 Å². The molecular weight excluding hydrogens is 362 g/mol. The summed E-state index contributed by atoms with van der Waals surface area (Å²) in [6.45, 7) is 5.18. The first kappa shape index (κ1) is 21.5. The molecule has 0 radical (unpaired) electrons. The number of ether oxygens (including phenoxy) is 1. The lowest BCUT2D eigenvalue weighted by Crippen LogP contribution is -2.53. The number of esters is 1. The van der Waals surface area contributed by atoms with Crippen molar-refractivity contribution in [2.45, 2.75) is 57.1 Å². The van der Waals surface area contributed by atoms with Crippen molar-refractivity contribution in [3.05, 3.63) is 71.8 Å². The number of benzene rings is 2. The highest BCUT2D eigenvalue weighted by molar-refractivity contribution is 5.75. The van der Waals surface area contributed by atoms with Crippen LogP contribution in [0.5, 0.6) is 0 Å². The van der Waals surface area contributed by atoms with Gasteiger partial charge in [-0.05, 0) is 43.9 Å². The predicted octanol–water partition coefficient (Wildman–Crippen LogP) is 4.39. The van der Waals surface area contributed by atoms with Crippen LogP contribution in [0.1, 0.15) is 56.6 Å². The summed E-state index contributed by atoms with van der Waals surface area (Å²) in [6.07, 6.45) is 3.10. The first-order valence-corrected chi connectivity index (χ1v) is 10.8. The van der Waals surface area contributed by atoms with Crippen molar-refractivity contribution in [2.24, 2.45) is 5.92 Å². The smallest absolute Gasteiger partial charge is 0.311 e. The van der Waals surface area contributed by atoms with Crippen molar-refractivity contribution in [3.8, 4) is 0 Å². The Morgan fingerprint density at radius 1 is 1.07 bits per heavy atom. The Bertz CT molecular complexity index is 764. The molecule has 0 heterocycles. The molecule has 2 aromatic carbocycles. The largest absolute Gasteiger partial charge is 0.466 e. The lowest BCUT2D eigenvalue weighted by atomic mass is 9.64. The number of unbranched alkanes of at least 4 members (excludes halogenated alkanes) is 1. The number of aliphatic hydroxyl groups is 1. The number of hydrogen-bond donors (Lipinski definition) is 2. The number of carbonyl (C=O) groups is 1. The topological polar surface area (TPSA) is 58.6 Å². The molecule has 29 heavy (non-hydrogen) atoms. The third kappa shape index (κ3) is 5.06. The third-order valence-corrected chi connectivity index (χ3v) is 6.02. The van der Waals surface area contributed by atoms with E-state index in [-0.39, 0.29) is 23.8 Å². The molecule has 156 valence electrons. The summed E-state index contributed by atoms with van der Waals surface area (Å²) < 4.78 is 5.48. The highest BCUT2D eigenvalue weighted by Crippen LogP contribution is 2.47. The standard InChI is InChI=1S/C25H33NO3/c1-3-5-16-26-22-18-25(28,20-14-10-7-11-15-20)17-21(19-12-8-6-9-13-19)23(22)24(27)29-4-2/h6-15,21-23,26,28H,3-5,16-18H2,1-2H3/t21-,22+,23-,25+/m1/s1. The molecule has 0 aromatic heterocycles.